The lowest BCUT2D eigenvalue weighted by Gasteiger charge is -2.22. The number of rotatable bonds is 6. The smallest absolute Gasteiger partial charge is 0.177 e. The number of halogens is 1. The van der Waals surface area contributed by atoms with Crippen LogP contribution in [0, 0.1) is 5.92 Å². The maximum atomic E-state index is 11.9. The molecule has 2 unspecified atom stereocenters. The van der Waals surface area contributed by atoms with E-state index in [1.54, 1.807) is 0 Å². The van der Waals surface area contributed by atoms with Crippen LogP contribution in [0.5, 0.6) is 0 Å². The fraction of sp³-hybridized carbons (Fsp3) is 0.538. The Balaban J connectivity index is 3.34. The average Bonchev–Trinajstić information content (AvgIpc) is 2.35. The van der Waals surface area contributed by atoms with Gasteiger partial charge in [0.05, 0.1) is 15.5 Å². The molecule has 0 fully saturated rings. The molecular weight excluding hydrogens is 334 g/mol. The highest BCUT2D eigenvalue weighted by Gasteiger charge is 2.20. The molecule has 1 aromatic rings. The molecule has 0 aromatic heterocycles. The Labute approximate surface area is 131 Å². The first-order valence-corrected chi connectivity index (χ1v) is 10.6. The lowest BCUT2D eigenvalue weighted by Crippen LogP contribution is -2.25. The maximum Gasteiger partial charge on any atom is 0.177 e. The van der Waals surface area contributed by atoms with E-state index in [9.17, 15) is 16.8 Å². The first-order chi connectivity index (χ1) is 9.46. The lowest BCUT2D eigenvalue weighted by molar-refractivity contribution is 0.563. The number of nitrogens with one attached hydrogen (secondary N) is 1. The summed E-state index contributed by atoms with van der Waals surface area (Å²) in [5, 5.41) is 3.09. The minimum absolute atomic E-state index is 0.0217. The summed E-state index contributed by atoms with van der Waals surface area (Å²) in [6, 6.07) is 4.01. The van der Waals surface area contributed by atoms with Crippen molar-refractivity contribution in [2.24, 2.45) is 5.92 Å². The Kier molecular flexibility index (Phi) is 5.69. The summed E-state index contributed by atoms with van der Waals surface area (Å²) in [6.45, 7) is 3.83. The van der Waals surface area contributed by atoms with E-state index in [2.05, 4.69) is 5.32 Å². The van der Waals surface area contributed by atoms with Crippen molar-refractivity contribution in [1.29, 1.82) is 0 Å². The van der Waals surface area contributed by atoms with Gasteiger partial charge >= 0.3 is 0 Å². The lowest BCUT2D eigenvalue weighted by atomic mass is 10.1. The fourth-order valence-electron chi connectivity index (χ4n) is 1.68. The third kappa shape index (κ3) is 4.86. The highest BCUT2D eigenvalue weighted by Crippen LogP contribution is 2.26. The molecule has 0 saturated carbocycles. The molecule has 1 N–H and O–H groups in total. The molecular formula is C13H20ClNO4S2. The van der Waals surface area contributed by atoms with E-state index >= 15 is 0 Å². The van der Waals surface area contributed by atoms with Crippen LogP contribution in [0.3, 0.4) is 0 Å². The van der Waals surface area contributed by atoms with Gasteiger partial charge in [-0.25, -0.2) is 16.8 Å². The summed E-state index contributed by atoms with van der Waals surface area (Å²) < 4.78 is 46.9. The standard InChI is InChI=1S/C13H20ClNO4S2/c1-9(8-14)10(2)15-12-6-5-11(20(3,16)17)7-13(12)21(4,18)19/h5-7,9-10,15H,8H2,1-4H3. The SMILES string of the molecule is CC(CCl)C(C)Nc1ccc(S(C)(=O)=O)cc1S(C)(=O)=O. The fourth-order valence-corrected chi connectivity index (χ4v) is 3.54. The van der Waals surface area contributed by atoms with Gasteiger partial charge in [-0.3, -0.25) is 0 Å². The molecule has 0 aliphatic heterocycles. The molecule has 120 valence electrons. The molecule has 0 heterocycles. The molecule has 8 heteroatoms. The monoisotopic (exact) mass is 353 g/mol. The molecule has 2 atom stereocenters. The van der Waals surface area contributed by atoms with Gasteiger partial charge in [-0.1, -0.05) is 6.92 Å². The normalized spacial score (nSPS) is 15.5. The number of benzene rings is 1. The van der Waals surface area contributed by atoms with Crippen molar-refractivity contribution in [1.82, 2.24) is 0 Å². The van der Waals surface area contributed by atoms with Crippen molar-refractivity contribution in [2.75, 3.05) is 23.7 Å². The molecule has 0 bridgehead atoms. The average molecular weight is 354 g/mol. The van der Waals surface area contributed by atoms with Crippen LogP contribution in [0.15, 0.2) is 28.0 Å². The quantitative estimate of drug-likeness (QED) is 0.793. The van der Waals surface area contributed by atoms with Crippen molar-refractivity contribution in [2.45, 2.75) is 29.7 Å². The van der Waals surface area contributed by atoms with Gasteiger partial charge in [0.1, 0.15) is 0 Å². The third-order valence-corrected chi connectivity index (χ3v) is 5.99. The second-order valence-corrected chi connectivity index (χ2v) is 9.58. The van der Waals surface area contributed by atoms with Crippen LogP contribution in [0.1, 0.15) is 13.8 Å². The summed E-state index contributed by atoms with van der Waals surface area (Å²) in [6.07, 6.45) is 2.09. The molecule has 0 saturated heterocycles. The van der Waals surface area contributed by atoms with Crippen molar-refractivity contribution in [3.05, 3.63) is 18.2 Å². The minimum Gasteiger partial charge on any atom is -0.381 e. The molecule has 1 rings (SSSR count). The van der Waals surface area contributed by atoms with Crippen LogP contribution < -0.4 is 5.32 Å². The Morgan fingerprint density at radius 2 is 1.67 bits per heavy atom. The summed E-state index contributed by atoms with van der Waals surface area (Å²) in [7, 11) is -7.02. The van der Waals surface area contributed by atoms with Crippen LogP contribution in [-0.4, -0.2) is 41.3 Å². The number of hydrogen-bond acceptors (Lipinski definition) is 5. The van der Waals surface area contributed by atoms with Crippen LogP contribution in [0.4, 0.5) is 5.69 Å². The molecule has 0 radical (unpaired) electrons. The van der Waals surface area contributed by atoms with Crippen molar-refractivity contribution in [3.8, 4) is 0 Å². The molecule has 0 amide bonds. The Morgan fingerprint density at radius 3 is 2.10 bits per heavy atom. The minimum atomic E-state index is -3.55. The molecule has 1 aromatic carbocycles. The van der Waals surface area contributed by atoms with E-state index in [1.165, 1.54) is 18.2 Å². The number of sulfone groups is 2. The van der Waals surface area contributed by atoms with Gasteiger partial charge in [0, 0.05) is 24.4 Å². The predicted octanol–water partition coefficient (Wildman–Crippen LogP) is 2.17. The molecule has 0 aliphatic carbocycles. The first kappa shape index (κ1) is 18.3. The van der Waals surface area contributed by atoms with Crippen molar-refractivity contribution in [3.63, 3.8) is 0 Å². The second-order valence-electron chi connectivity index (χ2n) is 5.27. The zero-order valence-corrected chi connectivity index (χ0v) is 14.8. The summed E-state index contributed by atoms with van der Waals surface area (Å²) >= 11 is 5.79. The summed E-state index contributed by atoms with van der Waals surface area (Å²) in [5.41, 5.74) is 0.384. The van der Waals surface area contributed by atoms with E-state index in [0.29, 0.717) is 11.6 Å². The van der Waals surface area contributed by atoms with Crippen LogP contribution in [0.25, 0.3) is 0 Å². The highest BCUT2D eigenvalue weighted by molar-refractivity contribution is 7.91. The van der Waals surface area contributed by atoms with Gasteiger partial charge < -0.3 is 5.32 Å². The van der Waals surface area contributed by atoms with Gasteiger partial charge in [-0.15, -0.1) is 11.6 Å². The van der Waals surface area contributed by atoms with Gasteiger partial charge in [0.25, 0.3) is 0 Å². The van der Waals surface area contributed by atoms with Crippen LogP contribution in [0.2, 0.25) is 0 Å². The third-order valence-electron chi connectivity index (χ3n) is 3.26. The number of alkyl halides is 1. The largest absolute Gasteiger partial charge is 0.381 e. The molecule has 5 nitrogen and oxygen atoms in total. The number of anilines is 1. The van der Waals surface area contributed by atoms with Gasteiger partial charge in [-0.2, -0.15) is 0 Å². The number of hydrogen-bond donors (Lipinski definition) is 1. The molecule has 21 heavy (non-hydrogen) atoms. The molecule has 0 aliphatic rings. The van der Waals surface area contributed by atoms with E-state index < -0.39 is 19.7 Å². The van der Waals surface area contributed by atoms with E-state index in [1.807, 2.05) is 13.8 Å². The van der Waals surface area contributed by atoms with Crippen LogP contribution in [-0.2, 0) is 19.7 Å². The zero-order valence-electron chi connectivity index (χ0n) is 12.4. The molecule has 0 spiro atoms. The van der Waals surface area contributed by atoms with Crippen molar-refractivity contribution < 1.29 is 16.8 Å². The van der Waals surface area contributed by atoms with E-state index in [0.717, 1.165) is 12.5 Å². The van der Waals surface area contributed by atoms with E-state index in [-0.39, 0.29) is 21.8 Å². The Hall–Kier alpha value is -0.790. The van der Waals surface area contributed by atoms with Crippen LogP contribution >= 0.6 is 11.6 Å². The zero-order chi connectivity index (χ0) is 16.4. The van der Waals surface area contributed by atoms with Gasteiger partial charge in [-0.05, 0) is 31.0 Å². The highest BCUT2D eigenvalue weighted by atomic mass is 35.5. The van der Waals surface area contributed by atoms with E-state index in [4.69, 9.17) is 11.6 Å². The first-order valence-electron chi connectivity index (χ1n) is 6.33. The van der Waals surface area contributed by atoms with Gasteiger partial charge in [0.2, 0.25) is 0 Å². The topological polar surface area (TPSA) is 80.3 Å². The van der Waals surface area contributed by atoms with Crippen molar-refractivity contribution >= 4 is 37.0 Å². The van der Waals surface area contributed by atoms with Gasteiger partial charge in [0.15, 0.2) is 19.7 Å². The summed E-state index contributed by atoms with van der Waals surface area (Å²) in [4.78, 5) is -0.0504. The Bertz CT molecular complexity index is 714. The predicted molar refractivity (Wildman–Crippen MR) is 85.6 cm³/mol. The Morgan fingerprint density at radius 1 is 1.10 bits per heavy atom. The summed E-state index contributed by atoms with van der Waals surface area (Å²) in [5.74, 6) is 0.567. The maximum absolute atomic E-state index is 11.9. The second kappa shape index (κ2) is 6.54.